The number of amides is 1. The van der Waals surface area contributed by atoms with Crippen LogP contribution in [0.15, 0.2) is 33.6 Å². The van der Waals surface area contributed by atoms with Crippen LogP contribution in [0.2, 0.25) is 0 Å². The molecule has 6 nitrogen and oxygen atoms in total. The van der Waals surface area contributed by atoms with Crippen LogP contribution >= 0.6 is 15.9 Å². The van der Waals surface area contributed by atoms with Gasteiger partial charge in [0.1, 0.15) is 0 Å². The highest BCUT2D eigenvalue weighted by Crippen LogP contribution is 2.26. The first kappa shape index (κ1) is 18.8. The number of sulfonamides is 1. The molecule has 25 heavy (non-hydrogen) atoms. The predicted octanol–water partition coefficient (Wildman–Crippen LogP) is 1.83. The van der Waals surface area contributed by atoms with Gasteiger partial charge in [0.25, 0.3) is 0 Å². The molecule has 0 aliphatic carbocycles. The second-order valence-electron chi connectivity index (χ2n) is 6.74. The number of carbonyl (C=O) groups is 1. The van der Waals surface area contributed by atoms with E-state index < -0.39 is 16.1 Å². The Balaban J connectivity index is 1.72. The summed E-state index contributed by atoms with van der Waals surface area (Å²) < 4.78 is 27.9. The zero-order valence-corrected chi connectivity index (χ0v) is 16.4. The standard InChI is InChI=1S/C17H23BrN2O4S/c18-14-5-7-16(8-6-14)25(23,24)20-10-1-3-13(11-20)17(22)19-9-2-4-15(21)12-19/h5-8,13,15,21H,1-4,9-12H2. The van der Waals surface area contributed by atoms with Crippen molar-refractivity contribution in [3.63, 3.8) is 0 Å². The van der Waals surface area contributed by atoms with Gasteiger partial charge in [-0.1, -0.05) is 15.9 Å². The summed E-state index contributed by atoms with van der Waals surface area (Å²) in [6, 6.07) is 6.56. The molecule has 2 heterocycles. The Morgan fingerprint density at radius 2 is 1.76 bits per heavy atom. The van der Waals surface area contributed by atoms with E-state index >= 15 is 0 Å². The highest BCUT2D eigenvalue weighted by atomic mass is 79.9. The van der Waals surface area contributed by atoms with Crippen molar-refractivity contribution in [2.45, 2.75) is 36.7 Å². The van der Waals surface area contributed by atoms with Crippen molar-refractivity contribution < 1.29 is 18.3 Å². The van der Waals surface area contributed by atoms with Crippen LogP contribution in [0.5, 0.6) is 0 Å². The maximum Gasteiger partial charge on any atom is 0.243 e. The van der Waals surface area contributed by atoms with Crippen LogP contribution in [0.25, 0.3) is 0 Å². The van der Waals surface area contributed by atoms with Gasteiger partial charge in [-0.05, 0) is 49.9 Å². The fourth-order valence-corrected chi connectivity index (χ4v) is 5.32. The van der Waals surface area contributed by atoms with Gasteiger partial charge in [0.05, 0.1) is 16.9 Å². The normalized spacial score (nSPS) is 25.8. The van der Waals surface area contributed by atoms with Crippen LogP contribution in [0.3, 0.4) is 0 Å². The van der Waals surface area contributed by atoms with Crippen LogP contribution in [0.4, 0.5) is 0 Å². The zero-order valence-electron chi connectivity index (χ0n) is 14.0. The Morgan fingerprint density at radius 1 is 1.08 bits per heavy atom. The van der Waals surface area contributed by atoms with E-state index in [-0.39, 0.29) is 23.3 Å². The number of piperidine rings is 2. The molecule has 0 saturated carbocycles. The minimum absolute atomic E-state index is 0.0329. The number of β-amino-alcohol motifs (C(OH)–C–C–N with tert-alkyl or cyclic N) is 1. The van der Waals surface area contributed by atoms with Gasteiger partial charge in [-0.15, -0.1) is 0 Å². The molecule has 8 heteroatoms. The molecule has 1 aromatic carbocycles. The van der Waals surface area contributed by atoms with Crippen LogP contribution in [0, 0.1) is 5.92 Å². The number of aliphatic hydroxyl groups is 1. The number of aliphatic hydroxyl groups excluding tert-OH is 1. The van der Waals surface area contributed by atoms with E-state index in [1.807, 2.05) is 0 Å². The first-order valence-electron chi connectivity index (χ1n) is 8.60. The van der Waals surface area contributed by atoms with Crippen LogP contribution in [-0.4, -0.2) is 60.9 Å². The molecule has 0 radical (unpaired) electrons. The van der Waals surface area contributed by atoms with E-state index in [1.165, 1.54) is 4.31 Å². The molecule has 2 aliphatic rings. The number of hydrogen-bond acceptors (Lipinski definition) is 4. The topological polar surface area (TPSA) is 77.9 Å². The largest absolute Gasteiger partial charge is 0.391 e. The van der Waals surface area contributed by atoms with Crippen LogP contribution in [0.1, 0.15) is 25.7 Å². The number of halogens is 1. The van der Waals surface area contributed by atoms with Gasteiger partial charge in [-0.2, -0.15) is 4.31 Å². The third-order valence-corrected chi connectivity index (χ3v) is 7.30. The number of carbonyl (C=O) groups excluding carboxylic acids is 1. The van der Waals surface area contributed by atoms with E-state index in [2.05, 4.69) is 15.9 Å². The average molecular weight is 431 g/mol. The second-order valence-corrected chi connectivity index (χ2v) is 9.59. The molecule has 138 valence electrons. The highest BCUT2D eigenvalue weighted by Gasteiger charge is 2.36. The van der Waals surface area contributed by atoms with Gasteiger partial charge in [0, 0.05) is 30.7 Å². The molecule has 1 N–H and O–H groups in total. The zero-order chi connectivity index (χ0) is 18.0. The lowest BCUT2D eigenvalue weighted by molar-refractivity contribution is -0.139. The Morgan fingerprint density at radius 3 is 2.44 bits per heavy atom. The minimum Gasteiger partial charge on any atom is -0.391 e. The van der Waals surface area contributed by atoms with Crippen molar-refractivity contribution in [3.05, 3.63) is 28.7 Å². The lowest BCUT2D eigenvalue weighted by Gasteiger charge is -2.36. The molecular weight excluding hydrogens is 408 g/mol. The number of benzene rings is 1. The smallest absolute Gasteiger partial charge is 0.243 e. The van der Waals surface area contributed by atoms with Crippen molar-refractivity contribution in [1.82, 2.24) is 9.21 Å². The number of nitrogens with zero attached hydrogens (tertiary/aromatic N) is 2. The first-order chi connectivity index (χ1) is 11.9. The molecule has 2 unspecified atom stereocenters. The number of hydrogen-bond donors (Lipinski definition) is 1. The van der Waals surface area contributed by atoms with Crippen LogP contribution in [-0.2, 0) is 14.8 Å². The molecule has 2 aliphatic heterocycles. The molecule has 3 rings (SSSR count). The Hall–Kier alpha value is -0.960. The van der Waals surface area contributed by atoms with E-state index in [1.54, 1.807) is 29.2 Å². The SMILES string of the molecule is O=C(C1CCCN(S(=O)(=O)c2ccc(Br)cc2)C1)N1CCCC(O)C1. The summed E-state index contributed by atoms with van der Waals surface area (Å²) in [6.07, 6.45) is 2.41. The quantitative estimate of drug-likeness (QED) is 0.793. The number of likely N-dealkylation sites (tertiary alicyclic amines) is 1. The summed E-state index contributed by atoms with van der Waals surface area (Å²) in [5, 5.41) is 9.78. The molecule has 2 saturated heterocycles. The second kappa shape index (κ2) is 7.73. The molecule has 1 aromatic rings. The van der Waals surface area contributed by atoms with Gasteiger partial charge in [-0.25, -0.2) is 8.42 Å². The lowest BCUT2D eigenvalue weighted by atomic mass is 9.96. The fourth-order valence-electron chi connectivity index (χ4n) is 3.53. The molecule has 1 amide bonds. The summed E-state index contributed by atoms with van der Waals surface area (Å²) in [6.45, 7) is 1.65. The fraction of sp³-hybridized carbons (Fsp3) is 0.588. The van der Waals surface area contributed by atoms with Crippen molar-refractivity contribution in [2.75, 3.05) is 26.2 Å². The summed E-state index contributed by atoms with van der Waals surface area (Å²) in [5.74, 6) is -0.362. The minimum atomic E-state index is -3.59. The van der Waals surface area contributed by atoms with Crippen molar-refractivity contribution in [3.8, 4) is 0 Å². The van der Waals surface area contributed by atoms with Crippen molar-refractivity contribution in [1.29, 1.82) is 0 Å². The third-order valence-electron chi connectivity index (χ3n) is 4.89. The lowest BCUT2D eigenvalue weighted by Crippen LogP contribution is -2.49. The van der Waals surface area contributed by atoms with Gasteiger partial charge < -0.3 is 10.0 Å². The molecule has 0 spiro atoms. The molecule has 2 atom stereocenters. The highest BCUT2D eigenvalue weighted by molar-refractivity contribution is 9.10. The first-order valence-corrected chi connectivity index (χ1v) is 10.8. The molecule has 0 aromatic heterocycles. The van der Waals surface area contributed by atoms with Gasteiger partial charge in [-0.3, -0.25) is 4.79 Å². The summed E-state index contributed by atoms with van der Waals surface area (Å²) in [7, 11) is -3.59. The molecule has 2 fully saturated rings. The van der Waals surface area contributed by atoms with Crippen LogP contribution < -0.4 is 0 Å². The van der Waals surface area contributed by atoms with E-state index in [0.29, 0.717) is 32.5 Å². The molecular formula is C17H23BrN2O4S. The van der Waals surface area contributed by atoms with Gasteiger partial charge in [0.15, 0.2) is 0 Å². The maximum absolute atomic E-state index is 12.8. The Kier molecular flexibility index (Phi) is 5.82. The Bertz CT molecular complexity index is 723. The van der Waals surface area contributed by atoms with Crippen molar-refractivity contribution in [2.24, 2.45) is 5.92 Å². The van der Waals surface area contributed by atoms with Gasteiger partial charge >= 0.3 is 0 Å². The summed E-state index contributed by atoms with van der Waals surface area (Å²) in [5.41, 5.74) is 0. The third kappa shape index (κ3) is 4.24. The predicted molar refractivity (Wildman–Crippen MR) is 97.4 cm³/mol. The average Bonchev–Trinajstić information content (AvgIpc) is 2.61. The van der Waals surface area contributed by atoms with Gasteiger partial charge in [0.2, 0.25) is 15.9 Å². The maximum atomic E-state index is 12.8. The molecule has 0 bridgehead atoms. The Labute approximate surface area is 157 Å². The van der Waals surface area contributed by atoms with E-state index in [9.17, 15) is 18.3 Å². The monoisotopic (exact) mass is 430 g/mol. The van der Waals surface area contributed by atoms with Crippen molar-refractivity contribution >= 4 is 31.9 Å². The number of rotatable bonds is 3. The van der Waals surface area contributed by atoms with E-state index in [4.69, 9.17) is 0 Å². The van der Waals surface area contributed by atoms with E-state index in [0.717, 1.165) is 17.3 Å². The summed E-state index contributed by atoms with van der Waals surface area (Å²) in [4.78, 5) is 14.7. The summed E-state index contributed by atoms with van der Waals surface area (Å²) >= 11 is 3.31.